The molecule has 0 saturated heterocycles. The summed E-state index contributed by atoms with van der Waals surface area (Å²) < 4.78 is 41.9. The smallest absolute Gasteiger partial charge is 0.264 e. The molecule has 0 fully saturated rings. The molecular formula is C13H10Br2FNO3S. The zero-order valence-corrected chi connectivity index (χ0v) is 14.5. The predicted molar refractivity (Wildman–Crippen MR) is 85.0 cm³/mol. The highest BCUT2D eigenvalue weighted by Crippen LogP contribution is 2.29. The van der Waals surface area contributed by atoms with Gasteiger partial charge in [0.25, 0.3) is 10.0 Å². The first-order valence-corrected chi connectivity index (χ1v) is 8.77. The average Bonchev–Trinajstić information content (AvgIpc) is 2.42. The van der Waals surface area contributed by atoms with Gasteiger partial charge in [0.1, 0.15) is 10.7 Å². The van der Waals surface area contributed by atoms with Crippen LogP contribution in [0.25, 0.3) is 0 Å². The van der Waals surface area contributed by atoms with E-state index >= 15 is 0 Å². The Morgan fingerprint density at radius 3 is 2.48 bits per heavy atom. The van der Waals surface area contributed by atoms with Crippen molar-refractivity contribution in [3.05, 3.63) is 56.7 Å². The maximum Gasteiger partial charge on any atom is 0.264 e. The van der Waals surface area contributed by atoms with E-state index in [1.54, 1.807) is 18.2 Å². The molecule has 0 radical (unpaired) electrons. The van der Waals surface area contributed by atoms with Crippen molar-refractivity contribution in [2.45, 2.75) is 11.5 Å². The van der Waals surface area contributed by atoms with Gasteiger partial charge in [0, 0.05) is 8.95 Å². The lowest BCUT2D eigenvalue weighted by Crippen LogP contribution is -2.15. The Kier molecular flexibility index (Phi) is 5.03. The van der Waals surface area contributed by atoms with Crippen LogP contribution in [0.4, 0.5) is 10.1 Å². The first-order chi connectivity index (χ1) is 9.83. The molecule has 2 aromatic rings. The fraction of sp³-hybridized carbons (Fsp3) is 0.0769. The first kappa shape index (κ1) is 16.4. The molecule has 0 atom stereocenters. The molecule has 0 bridgehead atoms. The van der Waals surface area contributed by atoms with Crippen LogP contribution in [0.1, 0.15) is 5.56 Å². The maximum absolute atomic E-state index is 13.9. The van der Waals surface area contributed by atoms with E-state index in [9.17, 15) is 12.8 Å². The van der Waals surface area contributed by atoms with E-state index < -0.39 is 20.7 Å². The van der Waals surface area contributed by atoms with Crippen LogP contribution in [0.3, 0.4) is 0 Å². The normalized spacial score (nSPS) is 11.4. The Morgan fingerprint density at radius 2 is 1.86 bits per heavy atom. The molecule has 112 valence electrons. The molecule has 2 rings (SSSR count). The van der Waals surface area contributed by atoms with Gasteiger partial charge < -0.3 is 5.11 Å². The Balaban J connectivity index is 2.41. The van der Waals surface area contributed by atoms with Crippen LogP contribution in [0, 0.1) is 5.82 Å². The highest BCUT2D eigenvalue weighted by molar-refractivity contribution is 9.11. The van der Waals surface area contributed by atoms with Crippen molar-refractivity contribution in [2.75, 3.05) is 4.72 Å². The minimum atomic E-state index is -4.07. The number of aliphatic hydroxyl groups excluding tert-OH is 1. The van der Waals surface area contributed by atoms with Crippen LogP contribution < -0.4 is 4.72 Å². The van der Waals surface area contributed by atoms with Crippen LogP contribution >= 0.6 is 31.9 Å². The number of halogens is 3. The molecule has 0 aliphatic carbocycles. The van der Waals surface area contributed by atoms with Crippen LogP contribution in [-0.4, -0.2) is 13.5 Å². The molecule has 0 amide bonds. The summed E-state index contributed by atoms with van der Waals surface area (Å²) in [5.41, 5.74) is 0.588. The van der Waals surface area contributed by atoms with Crippen LogP contribution in [0.15, 0.2) is 50.2 Å². The molecule has 0 saturated carbocycles. The minimum Gasteiger partial charge on any atom is -0.392 e. The third-order valence-electron chi connectivity index (χ3n) is 2.64. The SMILES string of the molecule is O=S(=O)(Nc1cc(Br)ccc1Br)c1ccc(CO)cc1F. The third-order valence-corrected chi connectivity index (χ3v) is 5.22. The standard InChI is InChI=1S/C13H10Br2FNO3S/c14-9-2-3-10(15)12(6-9)17-21(19,20)13-4-1-8(7-18)5-11(13)16/h1-6,17-18H,7H2. The monoisotopic (exact) mass is 437 g/mol. The van der Waals surface area contributed by atoms with Gasteiger partial charge in [0.2, 0.25) is 0 Å². The lowest BCUT2D eigenvalue weighted by atomic mass is 10.2. The summed E-state index contributed by atoms with van der Waals surface area (Å²) in [7, 11) is -4.07. The van der Waals surface area contributed by atoms with Gasteiger partial charge in [0.05, 0.1) is 12.3 Å². The van der Waals surface area contributed by atoms with Gasteiger partial charge in [-0.2, -0.15) is 0 Å². The minimum absolute atomic E-state index is 0.287. The van der Waals surface area contributed by atoms with Crippen LogP contribution in [0.5, 0.6) is 0 Å². The average molecular weight is 439 g/mol. The van der Waals surface area contributed by atoms with Gasteiger partial charge in [0.15, 0.2) is 0 Å². The molecule has 21 heavy (non-hydrogen) atoms. The number of aliphatic hydroxyl groups is 1. The molecular weight excluding hydrogens is 429 g/mol. The van der Waals surface area contributed by atoms with Crippen molar-refractivity contribution in [2.24, 2.45) is 0 Å². The van der Waals surface area contributed by atoms with Crippen molar-refractivity contribution in [1.82, 2.24) is 0 Å². The quantitative estimate of drug-likeness (QED) is 0.765. The highest BCUT2D eigenvalue weighted by atomic mass is 79.9. The second-order valence-electron chi connectivity index (χ2n) is 4.15. The van der Waals surface area contributed by atoms with Crippen molar-refractivity contribution >= 4 is 47.6 Å². The zero-order chi connectivity index (χ0) is 15.6. The van der Waals surface area contributed by atoms with E-state index in [-0.39, 0.29) is 12.3 Å². The maximum atomic E-state index is 13.9. The van der Waals surface area contributed by atoms with Gasteiger partial charge >= 0.3 is 0 Å². The zero-order valence-electron chi connectivity index (χ0n) is 10.5. The Morgan fingerprint density at radius 1 is 1.14 bits per heavy atom. The van der Waals surface area contributed by atoms with E-state index in [0.29, 0.717) is 14.5 Å². The summed E-state index contributed by atoms with van der Waals surface area (Å²) >= 11 is 6.46. The molecule has 2 aromatic carbocycles. The number of anilines is 1. The van der Waals surface area contributed by atoms with Gasteiger partial charge in [-0.15, -0.1) is 0 Å². The number of hydrogen-bond donors (Lipinski definition) is 2. The van der Waals surface area contributed by atoms with Gasteiger partial charge in [-0.05, 0) is 51.8 Å². The van der Waals surface area contributed by atoms with E-state index in [2.05, 4.69) is 36.6 Å². The second kappa shape index (κ2) is 6.43. The molecule has 0 aromatic heterocycles. The molecule has 0 aliphatic rings. The lowest BCUT2D eigenvalue weighted by Gasteiger charge is -2.11. The molecule has 0 spiro atoms. The van der Waals surface area contributed by atoms with E-state index in [1.807, 2.05) is 0 Å². The largest absolute Gasteiger partial charge is 0.392 e. The number of nitrogens with one attached hydrogen (secondary N) is 1. The summed E-state index contributed by atoms with van der Waals surface area (Å²) in [6.07, 6.45) is 0. The molecule has 2 N–H and O–H groups in total. The highest BCUT2D eigenvalue weighted by Gasteiger charge is 2.20. The summed E-state index contributed by atoms with van der Waals surface area (Å²) in [5.74, 6) is -0.917. The van der Waals surface area contributed by atoms with E-state index in [0.717, 1.165) is 12.1 Å². The van der Waals surface area contributed by atoms with E-state index in [4.69, 9.17) is 5.11 Å². The van der Waals surface area contributed by atoms with Crippen molar-refractivity contribution < 1.29 is 17.9 Å². The van der Waals surface area contributed by atoms with E-state index in [1.165, 1.54) is 6.07 Å². The van der Waals surface area contributed by atoms with Crippen molar-refractivity contribution in [3.63, 3.8) is 0 Å². The summed E-state index contributed by atoms with van der Waals surface area (Å²) in [4.78, 5) is -0.480. The van der Waals surface area contributed by atoms with Gasteiger partial charge in [-0.25, -0.2) is 12.8 Å². The molecule has 4 nitrogen and oxygen atoms in total. The second-order valence-corrected chi connectivity index (χ2v) is 7.57. The fourth-order valence-corrected chi connectivity index (χ4v) is 3.61. The topological polar surface area (TPSA) is 66.4 Å². The molecule has 8 heteroatoms. The Hall–Kier alpha value is -0.960. The Labute approximate surface area is 138 Å². The summed E-state index contributed by atoms with van der Waals surface area (Å²) in [6, 6.07) is 8.42. The molecule has 0 heterocycles. The molecule has 0 aliphatic heterocycles. The first-order valence-electron chi connectivity index (χ1n) is 5.70. The summed E-state index contributed by atoms with van der Waals surface area (Å²) in [5, 5.41) is 8.91. The van der Waals surface area contributed by atoms with Gasteiger partial charge in [-0.3, -0.25) is 4.72 Å². The predicted octanol–water partition coefficient (Wildman–Crippen LogP) is 3.64. The number of sulfonamides is 1. The summed E-state index contributed by atoms with van der Waals surface area (Å²) in [6.45, 7) is -0.359. The number of rotatable bonds is 4. The lowest BCUT2D eigenvalue weighted by molar-refractivity contribution is 0.281. The fourth-order valence-electron chi connectivity index (χ4n) is 1.64. The van der Waals surface area contributed by atoms with Crippen LogP contribution in [-0.2, 0) is 16.6 Å². The van der Waals surface area contributed by atoms with Crippen molar-refractivity contribution in [3.8, 4) is 0 Å². The number of hydrogen-bond acceptors (Lipinski definition) is 3. The van der Waals surface area contributed by atoms with Crippen molar-refractivity contribution in [1.29, 1.82) is 0 Å². The number of benzene rings is 2. The van der Waals surface area contributed by atoms with Gasteiger partial charge in [-0.1, -0.05) is 22.0 Å². The molecule has 0 unspecified atom stereocenters. The van der Waals surface area contributed by atoms with Crippen LogP contribution in [0.2, 0.25) is 0 Å². The third kappa shape index (κ3) is 3.82. The Bertz CT molecular complexity index is 781.